The standard InChI is InChI=1S/C12H5Cl4O/c13-7-3-1-5-9(11(7)15)17-10-6-2-4-8(14)12(10)16/h1-3,5-6H. The molecule has 0 aliphatic carbocycles. The van der Waals surface area contributed by atoms with E-state index in [9.17, 15) is 0 Å². The van der Waals surface area contributed by atoms with E-state index < -0.39 is 0 Å². The Kier molecular flexibility index (Phi) is 4.05. The van der Waals surface area contributed by atoms with Crippen molar-refractivity contribution in [3.05, 3.63) is 56.5 Å². The lowest BCUT2D eigenvalue weighted by Crippen LogP contribution is -1.87. The fourth-order valence-electron chi connectivity index (χ4n) is 1.20. The van der Waals surface area contributed by atoms with Crippen molar-refractivity contribution in [2.75, 3.05) is 0 Å². The normalized spacial score (nSPS) is 10.4. The van der Waals surface area contributed by atoms with Crippen LogP contribution in [0.25, 0.3) is 0 Å². The molecule has 0 amide bonds. The third-order valence-corrected chi connectivity index (χ3v) is 3.56. The summed E-state index contributed by atoms with van der Waals surface area (Å²) < 4.78 is 5.55. The molecule has 0 N–H and O–H groups in total. The number of rotatable bonds is 2. The van der Waals surface area contributed by atoms with E-state index in [4.69, 9.17) is 51.1 Å². The van der Waals surface area contributed by atoms with Gasteiger partial charge in [0.25, 0.3) is 0 Å². The Bertz CT molecular complexity index is 505. The zero-order valence-corrected chi connectivity index (χ0v) is 11.3. The highest BCUT2D eigenvalue weighted by Crippen LogP contribution is 2.38. The Hall–Kier alpha value is -0.600. The topological polar surface area (TPSA) is 9.23 Å². The van der Waals surface area contributed by atoms with Gasteiger partial charge in [-0.25, -0.2) is 0 Å². The van der Waals surface area contributed by atoms with Crippen molar-refractivity contribution >= 4 is 46.4 Å². The van der Waals surface area contributed by atoms with Crippen LogP contribution in [0.2, 0.25) is 20.1 Å². The Labute approximate surface area is 119 Å². The molecule has 0 spiro atoms. The molecule has 0 fully saturated rings. The maximum atomic E-state index is 5.99. The second-order valence-corrected chi connectivity index (χ2v) is 4.66. The summed E-state index contributed by atoms with van der Waals surface area (Å²) in [7, 11) is 0. The van der Waals surface area contributed by atoms with Gasteiger partial charge in [0.2, 0.25) is 0 Å². The van der Waals surface area contributed by atoms with Crippen molar-refractivity contribution in [3.8, 4) is 11.5 Å². The van der Waals surface area contributed by atoms with E-state index in [1.165, 1.54) is 0 Å². The third-order valence-electron chi connectivity index (χ3n) is 1.99. The van der Waals surface area contributed by atoms with Crippen LogP contribution in [-0.2, 0) is 0 Å². The van der Waals surface area contributed by atoms with E-state index in [-0.39, 0.29) is 5.02 Å². The summed E-state index contributed by atoms with van der Waals surface area (Å²) in [5.74, 6) is 0.822. The second kappa shape index (κ2) is 5.36. The van der Waals surface area contributed by atoms with Crippen LogP contribution in [0.5, 0.6) is 11.5 Å². The minimum Gasteiger partial charge on any atom is -0.454 e. The molecule has 1 nitrogen and oxygen atoms in total. The van der Waals surface area contributed by atoms with Crippen LogP contribution < -0.4 is 4.74 Å². The minimum atomic E-state index is 0.283. The summed E-state index contributed by atoms with van der Waals surface area (Å²) in [5.41, 5.74) is 0. The molecule has 87 valence electrons. The van der Waals surface area contributed by atoms with Crippen LogP contribution in [0.15, 0.2) is 30.3 Å². The molecule has 0 aromatic heterocycles. The van der Waals surface area contributed by atoms with E-state index in [0.717, 1.165) is 0 Å². The maximum absolute atomic E-state index is 5.99. The molecule has 0 atom stereocenters. The van der Waals surface area contributed by atoms with Crippen molar-refractivity contribution in [2.45, 2.75) is 0 Å². The quantitative estimate of drug-likeness (QED) is 0.672. The number of benzene rings is 2. The fraction of sp³-hybridized carbons (Fsp3) is 0. The van der Waals surface area contributed by atoms with Gasteiger partial charge in [-0.3, -0.25) is 0 Å². The number of hydrogen-bond donors (Lipinski definition) is 0. The average Bonchev–Trinajstić information content (AvgIpc) is 2.31. The Morgan fingerprint density at radius 2 is 1.59 bits per heavy atom. The van der Waals surface area contributed by atoms with Gasteiger partial charge in [-0.05, 0) is 24.3 Å². The van der Waals surface area contributed by atoms with E-state index >= 15 is 0 Å². The lowest BCUT2D eigenvalue weighted by atomic mass is 10.3. The van der Waals surface area contributed by atoms with Gasteiger partial charge in [0.05, 0.1) is 10.0 Å². The molecule has 0 aliphatic heterocycles. The summed E-state index contributed by atoms with van der Waals surface area (Å²) in [5, 5.41) is 1.32. The third kappa shape index (κ3) is 2.80. The van der Waals surface area contributed by atoms with Gasteiger partial charge in [-0.2, -0.15) is 0 Å². The zero-order chi connectivity index (χ0) is 12.4. The summed E-state index contributed by atoms with van der Waals surface area (Å²) in [6.45, 7) is 0. The van der Waals surface area contributed by atoms with E-state index in [2.05, 4.69) is 6.07 Å². The highest BCUT2D eigenvalue weighted by Gasteiger charge is 2.10. The SMILES string of the molecule is Clc1[c]ccc(Oc2cccc(Cl)c2Cl)c1Cl. The monoisotopic (exact) mass is 305 g/mol. The molecule has 2 aromatic carbocycles. The minimum absolute atomic E-state index is 0.283. The largest absolute Gasteiger partial charge is 0.454 e. The van der Waals surface area contributed by atoms with Crippen molar-refractivity contribution in [3.63, 3.8) is 0 Å². The summed E-state index contributed by atoms with van der Waals surface area (Å²) >= 11 is 23.7. The van der Waals surface area contributed by atoms with Crippen LogP contribution in [-0.4, -0.2) is 0 Å². The maximum Gasteiger partial charge on any atom is 0.147 e. The zero-order valence-electron chi connectivity index (χ0n) is 8.31. The lowest BCUT2D eigenvalue weighted by Gasteiger charge is -2.10. The molecule has 0 aliphatic rings. The van der Waals surface area contributed by atoms with Gasteiger partial charge in [-0.1, -0.05) is 52.5 Å². The van der Waals surface area contributed by atoms with Gasteiger partial charge in [-0.15, -0.1) is 0 Å². The first-order valence-electron chi connectivity index (χ1n) is 4.57. The first-order chi connectivity index (χ1) is 8.09. The van der Waals surface area contributed by atoms with Gasteiger partial charge in [0.1, 0.15) is 21.5 Å². The summed E-state index contributed by atoms with van der Waals surface area (Å²) in [6, 6.07) is 11.1. The van der Waals surface area contributed by atoms with Gasteiger partial charge in [0.15, 0.2) is 0 Å². The molecule has 0 saturated heterocycles. The van der Waals surface area contributed by atoms with Crippen molar-refractivity contribution in [1.82, 2.24) is 0 Å². The van der Waals surface area contributed by atoms with Crippen molar-refractivity contribution in [1.29, 1.82) is 0 Å². The molecular formula is C12H5Cl4O. The second-order valence-electron chi connectivity index (χ2n) is 3.12. The fourth-order valence-corrected chi connectivity index (χ4v) is 1.84. The summed E-state index contributed by atoms with van der Waals surface area (Å²) in [4.78, 5) is 0. The Morgan fingerprint density at radius 3 is 2.35 bits per heavy atom. The molecule has 0 bridgehead atoms. The number of ether oxygens (including phenoxy) is 1. The average molecular weight is 307 g/mol. The van der Waals surface area contributed by atoms with Gasteiger partial charge in [0, 0.05) is 6.07 Å². The molecule has 0 saturated carbocycles. The van der Waals surface area contributed by atoms with Crippen LogP contribution in [0.1, 0.15) is 0 Å². The highest BCUT2D eigenvalue weighted by molar-refractivity contribution is 6.43. The Morgan fingerprint density at radius 1 is 0.882 bits per heavy atom. The first-order valence-corrected chi connectivity index (χ1v) is 6.08. The van der Waals surface area contributed by atoms with Crippen LogP contribution >= 0.6 is 46.4 Å². The van der Waals surface area contributed by atoms with Crippen molar-refractivity contribution < 1.29 is 4.74 Å². The molecule has 5 heteroatoms. The number of halogens is 4. The molecule has 0 heterocycles. The summed E-state index contributed by atoms with van der Waals surface area (Å²) in [6.07, 6.45) is 0. The lowest BCUT2D eigenvalue weighted by molar-refractivity contribution is 0.483. The molecule has 2 aromatic rings. The molecular weight excluding hydrogens is 302 g/mol. The Balaban J connectivity index is 2.38. The molecule has 1 radical (unpaired) electrons. The predicted octanol–water partition coefficient (Wildman–Crippen LogP) is 5.89. The van der Waals surface area contributed by atoms with Crippen LogP contribution in [0.4, 0.5) is 0 Å². The van der Waals surface area contributed by atoms with Crippen LogP contribution in [0.3, 0.4) is 0 Å². The highest BCUT2D eigenvalue weighted by atomic mass is 35.5. The smallest absolute Gasteiger partial charge is 0.147 e. The molecule has 0 unspecified atom stereocenters. The van der Waals surface area contributed by atoms with Crippen LogP contribution in [0, 0.1) is 6.07 Å². The predicted molar refractivity (Wildman–Crippen MR) is 71.8 cm³/mol. The number of hydrogen-bond acceptors (Lipinski definition) is 1. The molecule has 17 heavy (non-hydrogen) atoms. The van der Waals surface area contributed by atoms with Crippen molar-refractivity contribution in [2.24, 2.45) is 0 Å². The van der Waals surface area contributed by atoms with Gasteiger partial charge >= 0.3 is 0 Å². The molecule has 2 rings (SSSR count). The van der Waals surface area contributed by atoms with E-state index in [1.807, 2.05) is 0 Å². The van der Waals surface area contributed by atoms with Gasteiger partial charge < -0.3 is 4.74 Å². The first kappa shape index (κ1) is 12.8. The van der Waals surface area contributed by atoms with E-state index in [0.29, 0.717) is 26.6 Å². The van der Waals surface area contributed by atoms with E-state index in [1.54, 1.807) is 30.3 Å².